The minimum absolute atomic E-state index is 0.0241. The number of hydrogen-bond acceptors (Lipinski definition) is 2. The Morgan fingerprint density at radius 1 is 1.28 bits per heavy atom. The van der Waals surface area contributed by atoms with Gasteiger partial charge >= 0.3 is 6.18 Å². The molecule has 1 aromatic rings. The van der Waals surface area contributed by atoms with E-state index in [4.69, 9.17) is 4.74 Å². The van der Waals surface area contributed by atoms with Gasteiger partial charge in [-0.15, -0.1) is 0 Å². The highest BCUT2D eigenvalue weighted by Crippen LogP contribution is 2.38. The molecule has 100 valence electrons. The maximum absolute atomic E-state index is 12.8. The predicted molar refractivity (Wildman–Crippen MR) is 61.8 cm³/mol. The molecule has 0 saturated carbocycles. The monoisotopic (exact) mass is 260 g/mol. The van der Waals surface area contributed by atoms with E-state index in [0.29, 0.717) is 12.7 Å². The lowest BCUT2D eigenvalue weighted by Gasteiger charge is -2.27. The van der Waals surface area contributed by atoms with Crippen LogP contribution < -0.4 is 4.74 Å². The molecule has 2 nitrogen and oxygen atoms in total. The first kappa shape index (κ1) is 14.5. The van der Waals surface area contributed by atoms with E-state index in [1.165, 1.54) is 12.1 Å². The average molecular weight is 260 g/mol. The quantitative estimate of drug-likeness (QED) is 0.762. The molecule has 0 unspecified atom stereocenters. The van der Waals surface area contributed by atoms with Crippen molar-refractivity contribution < 1.29 is 22.7 Å². The van der Waals surface area contributed by atoms with Crippen molar-refractivity contribution in [3.05, 3.63) is 29.3 Å². The lowest BCUT2D eigenvalue weighted by Crippen LogP contribution is -2.28. The van der Waals surface area contributed by atoms with Crippen LogP contribution in [0.3, 0.4) is 0 Å². The van der Waals surface area contributed by atoms with Crippen LogP contribution in [0.5, 0.6) is 5.75 Å². The van der Waals surface area contributed by atoms with E-state index in [1.807, 2.05) is 6.92 Å². The molecular weight excluding hydrogens is 245 g/mol. The number of aldehydes is 1. The number of hydrogen-bond donors (Lipinski definition) is 0. The summed E-state index contributed by atoms with van der Waals surface area (Å²) in [6.45, 7) is 5.24. The second-order valence-electron chi connectivity index (χ2n) is 4.59. The zero-order chi connectivity index (χ0) is 14.0. The number of rotatable bonds is 4. The van der Waals surface area contributed by atoms with Crippen molar-refractivity contribution in [2.75, 3.05) is 0 Å². The SMILES string of the molecule is CCC(C)(C)Oc1ccc(C=O)cc1C(F)(F)F. The number of carbonyl (C=O) groups excluding carboxylic acids is 1. The lowest BCUT2D eigenvalue weighted by molar-refractivity contribution is -0.139. The van der Waals surface area contributed by atoms with E-state index in [2.05, 4.69) is 0 Å². The van der Waals surface area contributed by atoms with Crippen LogP contribution in [-0.2, 0) is 6.18 Å². The Labute approximate surface area is 104 Å². The highest BCUT2D eigenvalue weighted by Gasteiger charge is 2.36. The van der Waals surface area contributed by atoms with Crippen molar-refractivity contribution in [3.8, 4) is 5.75 Å². The Bertz CT molecular complexity index is 436. The second-order valence-corrected chi connectivity index (χ2v) is 4.59. The molecule has 1 rings (SSSR count). The molecule has 0 aromatic heterocycles. The van der Waals surface area contributed by atoms with Gasteiger partial charge in [-0.25, -0.2) is 0 Å². The summed E-state index contributed by atoms with van der Waals surface area (Å²) in [5.74, 6) is -0.250. The smallest absolute Gasteiger partial charge is 0.419 e. The molecule has 0 spiro atoms. The topological polar surface area (TPSA) is 26.3 Å². The molecule has 1 aromatic carbocycles. The standard InChI is InChI=1S/C13H15F3O2/c1-4-12(2,3)18-11-6-5-9(8-17)7-10(11)13(14,15)16/h5-8H,4H2,1-3H3. The predicted octanol–water partition coefficient (Wildman–Crippen LogP) is 4.09. The van der Waals surface area contributed by atoms with Crippen molar-refractivity contribution in [1.82, 2.24) is 0 Å². The summed E-state index contributed by atoms with van der Waals surface area (Å²) in [5, 5.41) is 0. The van der Waals surface area contributed by atoms with Crippen LogP contribution in [0.2, 0.25) is 0 Å². The van der Waals surface area contributed by atoms with Crippen molar-refractivity contribution in [2.24, 2.45) is 0 Å². The molecule has 18 heavy (non-hydrogen) atoms. The van der Waals surface area contributed by atoms with Crippen LogP contribution in [0, 0.1) is 0 Å². The fraction of sp³-hybridized carbons (Fsp3) is 0.462. The first-order valence-electron chi connectivity index (χ1n) is 5.55. The van der Waals surface area contributed by atoms with Gasteiger partial charge < -0.3 is 4.74 Å². The fourth-order valence-corrected chi connectivity index (χ4v) is 1.30. The molecule has 0 N–H and O–H groups in total. The third kappa shape index (κ3) is 3.48. The molecule has 0 aliphatic rings. The molecule has 0 aliphatic heterocycles. The van der Waals surface area contributed by atoms with E-state index in [-0.39, 0.29) is 11.3 Å². The maximum atomic E-state index is 12.8. The van der Waals surface area contributed by atoms with E-state index in [9.17, 15) is 18.0 Å². The van der Waals surface area contributed by atoms with E-state index >= 15 is 0 Å². The van der Waals surface area contributed by atoms with Gasteiger partial charge in [-0.05, 0) is 38.5 Å². The summed E-state index contributed by atoms with van der Waals surface area (Å²) >= 11 is 0. The first-order chi connectivity index (χ1) is 8.19. The maximum Gasteiger partial charge on any atom is 0.419 e. The van der Waals surface area contributed by atoms with Gasteiger partial charge in [-0.1, -0.05) is 6.92 Å². The average Bonchev–Trinajstić information content (AvgIpc) is 2.27. The van der Waals surface area contributed by atoms with Crippen LogP contribution in [-0.4, -0.2) is 11.9 Å². The van der Waals surface area contributed by atoms with Crippen molar-refractivity contribution in [2.45, 2.75) is 39.0 Å². The van der Waals surface area contributed by atoms with Gasteiger partial charge in [0.25, 0.3) is 0 Å². The Morgan fingerprint density at radius 3 is 2.33 bits per heavy atom. The third-order valence-corrected chi connectivity index (χ3v) is 2.68. The van der Waals surface area contributed by atoms with Crippen LogP contribution in [0.4, 0.5) is 13.2 Å². The number of carbonyl (C=O) groups is 1. The highest BCUT2D eigenvalue weighted by atomic mass is 19.4. The molecule has 0 fully saturated rings. The van der Waals surface area contributed by atoms with Crippen LogP contribution in [0.25, 0.3) is 0 Å². The molecule has 0 heterocycles. The Morgan fingerprint density at radius 2 is 1.89 bits per heavy atom. The van der Waals surface area contributed by atoms with E-state index in [1.54, 1.807) is 13.8 Å². The van der Waals surface area contributed by atoms with Crippen molar-refractivity contribution >= 4 is 6.29 Å². The van der Waals surface area contributed by atoms with Gasteiger partial charge in [0.15, 0.2) is 0 Å². The molecular formula is C13H15F3O2. The number of benzene rings is 1. The minimum atomic E-state index is -4.54. The van der Waals surface area contributed by atoms with Gasteiger partial charge in [0.2, 0.25) is 0 Å². The second kappa shape index (κ2) is 5.00. The van der Waals surface area contributed by atoms with Gasteiger partial charge in [-0.3, -0.25) is 4.79 Å². The summed E-state index contributed by atoms with van der Waals surface area (Å²) in [4.78, 5) is 10.5. The van der Waals surface area contributed by atoms with E-state index in [0.717, 1.165) is 6.07 Å². The molecule has 0 bridgehead atoms. The summed E-state index contributed by atoms with van der Waals surface area (Å²) < 4.78 is 43.9. The minimum Gasteiger partial charge on any atom is -0.487 e. The summed E-state index contributed by atoms with van der Waals surface area (Å²) in [5.41, 5.74) is -1.64. The van der Waals surface area contributed by atoms with Crippen LogP contribution >= 0.6 is 0 Å². The number of alkyl halides is 3. The zero-order valence-corrected chi connectivity index (χ0v) is 10.5. The Hall–Kier alpha value is -1.52. The largest absolute Gasteiger partial charge is 0.487 e. The Balaban J connectivity index is 3.23. The normalized spacial score (nSPS) is 12.3. The molecule has 0 aliphatic carbocycles. The fourth-order valence-electron chi connectivity index (χ4n) is 1.30. The van der Waals surface area contributed by atoms with Gasteiger partial charge in [-0.2, -0.15) is 13.2 Å². The third-order valence-electron chi connectivity index (χ3n) is 2.68. The summed E-state index contributed by atoms with van der Waals surface area (Å²) in [6, 6.07) is 3.29. The molecule has 0 saturated heterocycles. The first-order valence-corrected chi connectivity index (χ1v) is 5.55. The summed E-state index contributed by atoms with van der Waals surface area (Å²) in [6.07, 6.45) is -3.60. The van der Waals surface area contributed by atoms with Gasteiger partial charge in [0.1, 0.15) is 17.6 Å². The Kier molecular flexibility index (Phi) is 4.04. The van der Waals surface area contributed by atoms with Gasteiger partial charge in [0.05, 0.1) is 5.56 Å². The zero-order valence-electron chi connectivity index (χ0n) is 10.5. The van der Waals surface area contributed by atoms with Crippen LogP contribution in [0.1, 0.15) is 43.1 Å². The highest BCUT2D eigenvalue weighted by molar-refractivity contribution is 5.75. The van der Waals surface area contributed by atoms with Gasteiger partial charge in [0, 0.05) is 5.56 Å². The lowest BCUT2D eigenvalue weighted by atomic mass is 10.1. The van der Waals surface area contributed by atoms with Crippen molar-refractivity contribution in [3.63, 3.8) is 0 Å². The molecule has 0 radical (unpaired) electrons. The molecule has 0 atom stereocenters. The van der Waals surface area contributed by atoms with Crippen LogP contribution in [0.15, 0.2) is 18.2 Å². The van der Waals surface area contributed by atoms with E-state index < -0.39 is 17.3 Å². The number of ether oxygens (including phenoxy) is 1. The number of halogens is 3. The molecule has 5 heteroatoms. The van der Waals surface area contributed by atoms with Crippen molar-refractivity contribution in [1.29, 1.82) is 0 Å². The summed E-state index contributed by atoms with van der Waals surface area (Å²) in [7, 11) is 0. The molecule has 0 amide bonds.